The van der Waals surface area contributed by atoms with Crippen molar-refractivity contribution in [2.45, 2.75) is 6.92 Å². The van der Waals surface area contributed by atoms with Gasteiger partial charge in [0.2, 0.25) is 0 Å². The first-order chi connectivity index (χ1) is 7.09. The molecule has 0 saturated heterocycles. The van der Waals surface area contributed by atoms with Gasteiger partial charge in [-0.2, -0.15) is 0 Å². The van der Waals surface area contributed by atoms with Crippen LogP contribution in [0, 0.1) is 12.7 Å². The number of aromatic nitrogens is 1. The standard InChI is InChI=1S/C12H11ClFN/c1-8-3-4-9(14)7-10(8)11-5-6-12(13)15(11)2/h3-7H,1-2H3. The SMILES string of the molecule is Cc1ccc(F)cc1-c1ccc(Cl)n1C. The largest absolute Gasteiger partial charge is 0.335 e. The molecule has 1 aromatic heterocycles. The topological polar surface area (TPSA) is 4.93 Å². The molecule has 0 bridgehead atoms. The van der Waals surface area contributed by atoms with E-state index in [1.54, 1.807) is 12.1 Å². The average molecular weight is 224 g/mol. The molecule has 0 aliphatic rings. The Balaban J connectivity index is 2.63. The van der Waals surface area contributed by atoms with E-state index in [9.17, 15) is 4.39 Å². The predicted octanol–water partition coefficient (Wildman–Crippen LogP) is 3.79. The third-order valence-corrected chi connectivity index (χ3v) is 2.92. The quantitative estimate of drug-likeness (QED) is 0.693. The molecule has 0 aliphatic carbocycles. The van der Waals surface area contributed by atoms with Gasteiger partial charge in [-0.15, -0.1) is 0 Å². The van der Waals surface area contributed by atoms with E-state index in [4.69, 9.17) is 11.6 Å². The van der Waals surface area contributed by atoms with Gasteiger partial charge in [0.25, 0.3) is 0 Å². The Morgan fingerprint density at radius 1 is 1.20 bits per heavy atom. The Labute approximate surface area is 93.1 Å². The zero-order valence-corrected chi connectivity index (χ0v) is 9.35. The molecule has 78 valence electrons. The summed E-state index contributed by atoms with van der Waals surface area (Å²) in [6, 6.07) is 8.46. The summed E-state index contributed by atoms with van der Waals surface area (Å²) in [4.78, 5) is 0. The first kappa shape index (κ1) is 10.2. The lowest BCUT2D eigenvalue weighted by Crippen LogP contribution is -1.93. The maximum absolute atomic E-state index is 13.1. The van der Waals surface area contributed by atoms with Crippen molar-refractivity contribution in [2.75, 3.05) is 0 Å². The molecule has 0 amide bonds. The van der Waals surface area contributed by atoms with E-state index >= 15 is 0 Å². The van der Waals surface area contributed by atoms with Crippen LogP contribution in [0.3, 0.4) is 0 Å². The normalized spacial score (nSPS) is 10.7. The Morgan fingerprint density at radius 3 is 2.53 bits per heavy atom. The third-order valence-electron chi connectivity index (χ3n) is 2.54. The van der Waals surface area contributed by atoms with Gasteiger partial charge in [-0.3, -0.25) is 0 Å². The lowest BCUT2D eigenvalue weighted by molar-refractivity contribution is 0.627. The highest BCUT2D eigenvalue weighted by molar-refractivity contribution is 6.29. The first-order valence-corrected chi connectivity index (χ1v) is 5.05. The highest BCUT2D eigenvalue weighted by Gasteiger charge is 2.08. The number of halogens is 2. The maximum atomic E-state index is 13.1. The molecular formula is C12H11ClFN. The van der Waals surface area contributed by atoms with Crippen LogP contribution in [0.1, 0.15) is 5.56 Å². The Kier molecular flexibility index (Phi) is 2.53. The molecule has 0 N–H and O–H groups in total. The fourth-order valence-corrected chi connectivity index (χ4v) is 1.78. The summed E-state index contributed by atoms with van der Waals surface area (Å²) in [5.74, 6) is -0.229. The van der Waals surface area contributed by atoms with Gasteiger partial charge in [-0.25, -0.2) is 4.39 Å². The van der Waals surface area contributed by atoms with Crippen molar-refractivity contribution < 1.29 is 4.39 Å². The predicted molar refractivity (Wildman–Crippen MR) is 60.6 cm³/mol. The Morgan fingerprint density at radius 2 is 1.93 bits per heavy atom. The van der Waals surface area contributed by atoms with Gasteiger partial charge in [0.05, 0.1) is 0 Å². The molecule has 0 spiro atoms. The van der Waals surface area contributed by atoms with Gasteiger partial charge in [-0.05, 0) is 36.8 Å². The van der Waals surface area contributed by atoms with Crippen LogP contribution in [0.25, 0.3) is 11.3 Å². The minimum absolute atomic E-state index is 0.229. The van der Waals surface area contributed by atoms with Crippen molar-refractivity contribution in [2.24, 2.45) is 7.05 Å². The molecule has 3 heteroatoms. The molecule has 2 rings (SSSR count). The van der Waals surface area contributed by atoms with Crippen LogP contribution >= 0.6 is 11.6 Å². The third kappa shape index (κ3) is 1.77. The molecule has 0 saturated carbocycles. The zero-order chi connectivity index (χ0) is 11.0. The van der Waals surface area contributed by atoms with Crippen LogP contribution in [-0.4, -0.2) is 4.57 Å². The molecule has 0 aliphatic heterocycles. The van der Waals surface area contributed by atoms with Crippen LogP contribution < -0.4 is 0 Å². The summed E-state index contributed by atoms with van der Waals surface area (Å²) in [6.07, 6.45) is 0. The molecule has 1 aromatic carbocycles. The van der Waals surface area contributed by atoms with Gasteiger partial charge < -0.3 is 4.57 Å². The highest BCUT2D eigenvalue weighted by atomic mass is 35.5. The van der Waals surface area contributed by atoms with Crippen LogP contribution in [0.15, 0.2) is 30.3 Å². The first-order valence-electron chi connectivity index (χ1n) is 4.67. The lowest BCUT2D eigenvalue weighted by Gasteiger charge is -2.07. The van der Waals surface area contributed by atoms with Gasteiger partial charge in [0.1, 0.15) is 11.0 Å². The number of nitrogens with zero attached hydrogens (tertiary/aromatic N) is 1. The van der Waals surface area contributed by atoms with E-state index in [1.807, 2.05) is 24.6 Å². The van der Waals surface area contributed by atoms with Gasteiger partial charge in [0, 0.05) is 18.3 Å². The molecule has 1 nitrogen and oxygen atoms in total. The Bertz CT molecular complexity index is 502. The second kappa shape index (κ2) is 3.70. The fourth-order valence-electron chi connectivity index (χ4n) is 1.63. The summed E-state index contributed by atoms with van der Waals surface area (Å²) >= 11 is 5.94. The molecule has 0 atom stereocenters. The minimum Gasteiger partial charge on any atom is -0.335 e. The second-order valence-corrected chi connectivity index (χ2v) is 3.95. The lowest BCUT2D eigenvalue weighted by atomic mass is 10.1. The summed E-state index contributed by atoms with van der Waals surface area (Å²) in [5.41, 5.74) is 2.84. The van der Waals surface area contributed by atoms with Crippen molar-refractivity contribution in [3.8, 4) is 11.3 Å². The number of aryl methyl sites for hydroxylation is 1. The molecule has 2 aromatic rings. The minimum atomic E-state index is -0.229. The second-order valence-electron chi connectivity index (χ2n) is 3.56. The molecule has 0 unspecified atom stereocenters. The summed E-state index contributed by atoms with van der Waals surface area (Å²) in [5, 5.41) is 0.647. The monoisotopic (exact) mass is 223 g/mol. The van der Waals surface area contributed by atoms with Gasteiger partial charge in [0.15, 0.2) is 0 Å². The van der Waals surface area contributed by atoms with E-state index in [-0.39, 0.29) is 5.82 Å². The van der Waals surface area contributed by atoms with E-state index in [0.29, 0.717) is 5.15 Å². The average Bonchev–Trinajstić information content (AvgIpc) is 2.52. The molecule has 1 heterocycles. The van der Waals surface area contributed by atoms with Crippen molar-refractivity contribution in [3.05, 3.63) is 46.9 Å². The van der Waals surface area contributed by atoms with E-state index in [0.717, 1.165) is 16.8 Å². The number of benzene rings is 1. The molecule has 0 radical (unpaired) electrons. The fraction of sp³-hybridized carbons (Fsp3) is 0.167. The summed E-state index contributed by atoms with van der Waals surface area (Å²) < 4.78 is 15.0. The van der Waals surface area contributed by atoms with Crippen molar-refractivity contribution >= 4 is 11.6 Å². The van der Waals surface area contributed by atoms with E-state index in [1.165, 1.54) is 12.1 Å². The Hall–Kier alpha value is -1.28. The van der Waals surface area contributed by atoms with Crippen molar-refractivity contribution in [3.63, 3.8) is 0 Å². The smallest absolute Gasteiger partial charge is 0.123 e. The van der Waals surface area contributed by atoms with E-state index in [2.05, 4.69) is 0 Å². The number of rotatable bonds is 1. The van der Waals surface area contributed by atoms with Crippen LogP contribution in [0.4, 0.5) is 4.39 Å². The molecule has 15 heavy (non-hydrogen) atoms. The molecular weight excluding hydrogens is 213 g/mol. The summed E-state index contributed by atoms with van der Waals surface area (Å²) in [6.45, 7) is 1.95. The van der Waals surface area contributed by atoms with Crippen molar-refractivity contribution in [1.82, 2.24) is 4.57 Å². The van der Waals surface area contributed by atoms with Crippen LogP contribution in [0.5, 0.6) is 0 Å². The summed E-state index contributed by atoms with van der Waals surface area (Å²) in [7, 11) is 1.86. The number of hydrogen-bond acceptors (Lipinski definition) is 0. The highest BCUT2D eigenvalue weighted by Crippen LogP contribution is 2.27. The van der Waals surface area contributed by atoms with Gasteiger partial charge in [-0.1, -0.05) is 17.7 Å². The van der Waals surface area contributed by atoms with Gasteiger partial charge >= 0.3 is 0 Å². The maximum Gasteiger partial charge on any atom is 0.123 e. The number of hydrogen-bond donors (Lipinski definition) is 0. The van der Waals surface area contributed by atoms with Crippen LogP contribution in [0.2, 0.25) is 5.15 Å². The van der Waals surface area contributed by atoms with E-state index < -0.39 is 0 Å². The van der Waals surface area contributed by atoms with Crippen LogP contribution in [-0.2, 0) is 7.05 Å². The van der Waals surface area contributed by atoms with Crippen molar-refractivity contribution in [1.29, 1.82) is 0 Å². The molecule has 0 fully saturated rings. The zero-order valence-electron chi connectivity index (χ0n) is 8.59.